The van der Waals surface area contributed by atoms with Crippen LogP contribution in [0.2, 0.25) is 0 Å². The summed E-state index contributed by atoms with van der Waals surface area (Å²) in [5, 5.41) is 12.2. The first-order valence-electron chi connectivity index (χ1n) is 20.1. The lowest BCUT2D eigenvalue weighted by Gasteiger charge is -2.16. The Balaban J connectivity index is 1.06. The number of imidazole rings is 1. The van der Waals surface area contributed by atoms with Gasteiger partial charge in [-0.15, -0.1) is 0 Å². The van der Waals surface area contributed by atoms with Gasteiger partial charge in [-0.05, 0) is 107 Å². The fraction of sp³-hybridized carbons (Fsp3) is 0. The standard InChI is InChI=1S/C56H35N3/c1-2-14-39-31-42(29-24-36(39)13-1)56-55(58-54-23-11-12-30-59(54)56)38-27-25-37(26-28-38)52-34-43(50-32-40-15-3-5-17-44(40)46-19-7-9-21-48(46)50)35-53(57-52)51-33-41-16-4-6-18-45(41)47-20-8-10-22-49(47)51/h1-35H. The molecule has 9 aromatic carbocycles. The smallest absolute Gasteiger partial charge is 0.137 e. The molecule has 3 nitrogen and oxygen atoms in total. The monoisotopic (exact) mass is 749 g/mol. The van der Waals surface area contributed by atoms with Crippen LogP contribution < -0.4 is 0 Å². The van der Waals surface area contributed by atoms with Gasteiger partial charge in [0.2, 0.25) is 0 Å². The van der Waals surface area contributed by atoms with Gasteiger partial charge in [0, 0.05) is 28.5 Å². The number of hydrogen-bond acceptors (Lipinski definition) is 2. The molecule has 12 aromatic rings. The molecule has 0 aliphatic heterocycles. The summed E-state index contributed by atoms with van der Waals surface area (Å²) in [7, 11) is 0. The van der Waals surface area contributed by atoms with Gasteiger partial charge in [0.05, 0.1) is 22.8 Å². The number of aromatic nitrogens is 3. The molecule has 0 bridgehead atoms. The molecule has 0 spiro atoms. The lowest BCUT2D eigenvalue weighted by Crippen LogP contribution is -1.94. The number of fused-ring (bicyclic) bond motifs is 8. The Morgan fingerprint density at radius 2 is 0.831 bits per heavy atom. The lowest BCUT2D eigenvalue weighted by molar-refractivity contribution is 1.19. The normalized spacial score (nSPS) is 11.7. The topological polar surface area (TPSA) is 30.2 Å². The molecule has 0 unspecified atom stereocenters. The molecule has 0 fully saturated rings. The zero-order valence-corrected chi connectivity index (χ0v) is 32.0. The van der Waals surface area contributed by atoms with Crippen LogP contribution >= 0.6 is 0 Å². The van der Waals surface area contributed by atoms with Crippen LogP contribution in [-0.4, -0.2) is 14.4 Å². The van der Waals surface area contributed by atoms with Gasteiger partial charge in [-0.1, -0.05) is 164 Å². The van der Waals surface area contributed by atoms with Crippen molar-refractivity contribution in [3.8, 4) is 56.2 Å². The van der Waals surface area contributed by atoms with E-state index in [0.717, 1.165) is 56.2 Å². The van der Waals surface area contributed by atoms with Crippen LogP contribution in [0.5, 0.6) is 0 Å². The predicted molar refractivity (Wildman–Crippen MR) is 248 cm³/mol. The Hall–Kier alpha value is -7.88. The largest absolute Gasteiger partial charge is 0.299 e. The van der Waals surface area contributed by atoms with Gasteiger partial charge in [-0.2, -0.15) is 0 Å². The minimum absolute atomic E-state index is 0.916. The highest BCUT2D eigenvalue weighted by Crippen LogP contribution is 2.41. The molecule has 274 valence electrons. The molecule has 0 saturated carbocycles. The molecule has 3 heteroatoms. The van der Waals surface area contributed by atoms with Crippen LogP contribution in [0.15, 0.2) is 212 Å². The molecule has 12 rings (SSSR count). The van der Waals surface area contributed by atoms with Gasteiger partial charge in [0.25, 0.3) is 0 Å². The van der Waals surface area contributed by atoms with E-state index in [1.165, 1.54) is 59.4 Å². The second-order valence-electron chi connectivity index (χ2n) is 15.4. The summed E-state index contributed by atoms with van der Waals surface area (Å²) in [5.41, 5.74) is 11.5. The molecule has 0 radical (unpaired) electrons. The Morgan fingerprint density at radius 3 is 1.54 bits per heavy atom. The van der Waals surface area contributed by atoms with E-state index in [2.05, 4.69) is 211 Å². The minimum atomic E-state index is 0.916. The summed E-state index contributed by atoms with van der Waals surface area (Å²) in [5.74, 6) is 0. The zero-order chi connectivity index (χ0) is 38.9. The third-order valence-electron chi connectivity index (χ3n) is 12.0. The van der Waals surface area contributed by atoms with E-state index in [1.807, 2.05) is 6.07 Å². The highest BCUT2D eigenvalue weighted by atomic mass is 15.0. The maximum Gasteiger partial charge on any atom is 0.137 e. The summed E-state index contributed by atoms with van der Waals surface area (Å²) < 4.78 is 2.20. The van der Waals surface area contributed by atoms with Crippen molar-refractivity contribution in [3.63, 3.8) is 0 Å². The SMILES string of the molecule is c1ccc2cc(-c3c(-c4ccc(-c5cc(-c6cc7ccccc7c7ccccc67)cc(-c6cc7ccccc7c7ccccc67)n5)cc4)nc4ccccn34)ccc2c1. The van der Waals surface area contributed by atoms with Crippen molar-refractivity contribution in [2.75, 3.05) is 0 Å². The highest BCUT2D eigenvalue weighted by molar-refractivity contribution is 6.15. The van der Waals surface area contributed by atoms with E-state index in [1.54, 1.807) is 0 Å². The van der Waals surface area contributed by atoms with E-state index in [4.69, 9.17) is 9.97 Å². The Labute approximate surface area is 341 Å². The second kappa shape index (κ2) is 13.4. The molecule has 3 aromatic heterocycles. The molecule has 0 N–H and O–H groups in total. The van der Waals surface area contributed by atoms with Crippen molar-refractivity contribution in [3.05, 3.63) is 212 Å². The van der Waals surface area contributed by atoms with E-state index in [9.17, 15) is 0 Å². The molecular formula is C56H35N3. The van der Waals surface area contributed by atoms with Crippen LogP contribution in [-0.2, 0) is 0 Å². The first-order valence-corrected chi connectivity index (χ1v) is 20.1. The first kappa shape index (κ1) is 33.3. The first-order chi connectivity index (χ1) is 29.2. The molecule has 0 aliphatic carbocycles. The summed E-state index contributed by atoms with van der Waals surface area (Å²) in [6.45, 7) is 0. The van der Waals surface area contributed by atoms with E-state index in [0.29, 0.717) is 0 Å². The Morgan fingerprint density at radius 1 is 0.305 bits per heavy atom. The molecular weight excluding hydrogens is 715 g/mol. The van der Waals surface area contributed by atoms with Gasteiger partial charge >= 0.3 is 0 Å². The summed E-state index contributed by atoms with van der Waals surface area (Å²) in [6.07, 6.45) is 2.11. The summed E-state index contributed by atoms with van der Waals surface area (Å²) in [6, 6.07) is 74.3. The lowest BCUT2D eigenvalue weighted by atomic mass is 9.90. The molecule has 3 heterocycles. The molecule has 0 aliphatic rings. The number of hydrogen-bond donors (Lipinski definition) is 0. The number of nitrogens with zero attached hydrogens (tertiary/aromatic N) is 3. The van der Waals surface area contributed by atoms with E-state index in [-0.39, 0.29) is 0 Å². The second-order valence-corrected chi connectivity index (χ2v) is 15.4. The minimum Gasteiger partial charge on any atom is -0.299 e. The Kier molecular flexibility index (Phi) is 7.54. The third-order valence-corrected chi connectivity index (χ3v) is 12.0. The number of benzene rings is 9. The fourth-order valence-corrected chi connectivity index (χ4v) is 9.14. The average Bonchev–Trinajstić information content (AvgIpc) is 3.70. The van der Waals surface area contributed by atoms with Crippen molar-refractivity contribution in [1.82, 2.24) is 14.4 Å². The van der Waals surface area contributed by atoms with Crippen molar-refractivity contribution in [2.24, 2.45) is 0 Å². The van der Waals surface area contributed by atoms with Gasteiger partial charge < -0.3 is 0 Å². The van der Waals surface area contributed by atoms with E-state index >= 15 is 0 Å². The fourth-order valence-electron chi connectivity index (χ4n) is 9.14. The van der Waals surface area contributed by atoms with Crippen molar-refractivity contribution in [1.29, 1.82) is 0 Å². The van der Waals surface area contributed by atoms with Crippen molar-refractivity contribution in [2.45, 2.75) is 0 Å². The average molecular weight is 750 g/mol. The van der Waals surface area contributed by atoms with Crippen LogP contribution in [0.3, 0.4) is 0 Å². The number of rotatable bonds is 5. The van der Waals surface area contributed by atoms with Gasteiger partial charge in [0.15, 0.2) is 0 Å². The maximum absolute atomic E-state index is 5.51. The van der Waals surface area contributed by atoms with Gasteiger partial charge in [0.1, 0.15) is 5.65 Å². The molecule has 0 amide bonds. The summed E-state index contributed by atoms with van der Waals surface area (Å²) >= 11 is 0. The van der Waals surface area contributed by atoms with Gasteiger partial charge in [-0.3, -0.25) is 4.40 Å². The van der Waals surface area contributed by atoms with Crippen LogP contribution in [0, 0.1) is 0 Å². The van der Waals surface area contributed by atoms with Crippen molar-refractivity contribution >= 4 is 59.5 Å². The molecule has 59 heavy (non-hydrogen) atoms. The molecule has 0 atom stereocenters. The summed E-state index contributed by atoms with van der Waals surface area (Å²) in [4.78, 5) is 10.7. The number of pyridine rings is 2. The van der Waals surface area contributed by atoms with Crippen LogP contribution in [0.1, 0.15) is 0 Å². The quantitative estimate of drug-likeness (QED) is 0.164. The van der Waals surface area contributed by atoms with Crippen molar-refractivity contribution < 1.29 is 0 Å². The maximum atomic E-state index is 5.51. The highest BCUT2D eigenvalue weighted by Gasteiger charge is 2.19. The molecule has 0 saturated heterocycles. The predicted octanol–water partition coefficient (Wildman–Crippen LogP) is 14.8. The Bertz CT molecular complexity index is 3480. The zero-order valence-electron chi connectivity index (χ0n) is 32.0. The van der Waals surface area contributed by atoms with Crippen LogP contribution in [0.4, 0.5) is 0 Å². The van der Waals surface area contributed by atoms with Gasteiger partial charge in [-0.25, -0.2) is 9.97 Å². The van der Waals surface area contributed by atoms with Crippen LogP contribution in [0.25, 0.3) is 116 Å². The van der Waals surface area contributed by atoms with E-state index < -0.39 is 0 Å². The third kappa shape index (κ3) is 5.51.